The molecule has 4 rings (SSSR count). The first-order valence-corrected chi connectivity index (χ1v) is 10.1. The standard InChI is InChI=1S/C21H29N3O2/c1-2-12-22-13-5-10-21(20(22)26)11-6-14-23(21)16-19(25)24-15-9-17-7-3-4-8-18(17)24/h3-4,7-8H,2,5-6,9-16H2,1H3. The summed E-state index contributed by atoms with van der Waals surface area (Å²) in [5.74, 6) is 0.398. The first-order valence-electron chi connectivity index (χ1n) is 10.1. The lowest BCUT2D eigenvalue weighted by molar-refractivity contribution is -0.148. The van der Waals surface area contributed by atoms with Crippen molar-refractivity contribution in [1.82, 2.24) is 9.80 Å². The lowest BCUT2D eigenvalue weighted by Gasteiger charge is -2.44. The van der Waals surface area contributed by atoms with E-state index in [1.807, 2.05) is 28.0 Å². The molecule has 3 aliphatic rings. The van der Waals surface area contributed by atoms with E-state index in [4.69, 9.17) is 0 Å². The number of piperidine rings is 1. The molecule has 0 radical (unpaired) electrons. The maximum absolute atomic E-state index is 13.2. The van der Waals surface area contributed by atoms with Gasteiger partial charge in [-0.1, -0.05) is 25.1 Å². The number of fused-ring (bicyclic) bond motifs is 1. The molecule has 0 saturated carbocycles. The van der Waals surface area contributed by atoms with Crippen molar-refractivity contribution in [3.05, 3.63) is 29.8 Å². The van der Waals surface area contributed by atoms with E-state index in [9.17, 15) is 9.59 Å². The van der Waals surface area contributed by atoms with E-state index in [1.165, 1.54) is 5.56 Å². The van der Waals surface area contributed by atoms with Crippen molar-refractivity contribution in [3.8, 4) is 0 Å². The topological polar surface area (TPSA) is 43.9 Å². The average Bonchev–Trinajstić information content (AvgIpc) is 3.24. The normalized spacial score (nSPS) is 26.0. The summed E-state index contributed by atoms with van der Waals surface area (Å²) in [4.78, 5) is 32.4. The minimum Gasteiger partial charge on any atom is -0.341 e. The molecule has 5 heteroatoms. The van der Waals surface area contributed by atoms with Gasteiger partial charge in [-0.3, -0.25) is 14.5 Å². The van der Waals surface area contributed by atoms with Gasteiger partial charge in [0.2, 0.25) is 11.8 Å². The van der Waals surface area contributed by atoms with E-state index in [1.54, 1.807) is 0 Å². The maximum atomic E-state index is 13.2. The summed E-state index contributed by atoms with van der Waals surface area (Å²) in [6, 6.07) is 8.17. The van der Waals surface area contributed by atoms with E-state index in [0.717, 1.165) is 70.4 Å². The largest absolute Gasteiger partial charge is 0.341 e. The van der Waals surface area contributed by atoms with Crippen LogP contribution in [0.3, 0.4) is 0 Å². The molecule has 5 nitrogen and oxygen atoms in total. The molecule has 3 heterocycles. The Morgan fingerprint density at radius 2 is 1.88 bits per heavy atom. The molecule has 2 amide bonds. The molecular weight excluding hydrogens is 326 g/mol. The number of para-hydroxylation sites is 1. The number of likely N-dealkylation sites (tertiary alicyclic amines) is 2. The van der Waals surface area contributed by atoms with Gasteiger partial charge in [0, 0.05) is 25.3 Å². The van der Waals surface area contributed by atoms with Gasteiger partial charge in [0.1, 0.15) is 5.54 Å². The quantitative estimate of drug-likeness (QED) is 0.833. The Hall–Kier alpha value is -1.88. The van der Waals surface area contributed by atoms with Crippen molar-refractivity contribution in [1.29, 1.82) is 0 Å². The van der Waals surface area contributed by atoms with E-state index in [-0.39, 0.29) is 11.8 Å². The van der Waals surface area contributed by atoms with Crippen LogP contribution in [0.25, 0.3) is 0 Å². The van der Waals surface area contributed by atoms with Gasteiger partial charge < -0.3 is 9.80 Å². The Bertz CT molecular complexity index is 702. The molecule has 2 fully saturated rings. The number of rotatable bonds is 4. The fourth-order valence-electron chi connectivity index (χ4n) is 5.08. The fraction of sp³-hybridized carbons (Fsp3) is 0.619. The number of carbonyl (C=O) groups excluding carboxylic acids is 2. The first-order chi connectivity index (χ1) is 12.7. The molecule has 1 unspecified atom stereocenters. The molecule has 0 bridgehead atoms. The molecule has 0 N–H and O–H groups in total. The third kappa shape index (κ3) is 2.82. The third-order valence-electron chi connectivity index (χ3n) is 6.34. The molecule has 1 spiro atoms. The van der Waals surface area contributed by atoms with Gasteiger partial charge in [0.15, 0.2) is 0 Å². The molecule has 1 aromatic carbocycles. The number of hydrogen-bond acceptors (Lipinski definition) is 3. The number of nitrogens with zero attached hydrogens (tertiary/aromatic N) is 3. The predicted octanol–water partition coefficient (Wildman–Crippen LogP) is 2.44. The van der Waals surface area contributed by atoms with Crippen molar-refractivity contribution >= 4 is 17.5 Å². The minimum atomic E-state index is -0.428. The van der Waals surface area contributed by atoms with Gasteiger partial charge >= 0.3 is 0 Å². The van der Waals surface area contributed by atoms with Crippen molar-refractivity contribution in [2.45, 2.75) is 51.0 Å². The zero-order valence-corrected chi connectivity index (χ0v) is 15.7. The van der Waals surface area contributed by atoms with Crippen LogP contribution >= 0.6 is 0 Å². The Balaban J connectivity index is 1.51. The molecular formula is C21H29N3O2. The molecule has 0 aromatic heterocycles. The Morgan fingerprint density at radius 3 is 2.69 bits per heavy atom. The monoisotopic (exact) mass is 355 g/mol. The van der Waals surface area contributed by atoms with Crippen LogP contribution in [-0.4, -0.2) is 59.9 Å². The van der Waals surface area contributed by atoms with Crippen LogP contribution in [-0.2, 0) is 16.0 Å². The van der Waals surface area contributed by atoms with Crippen LogP contribution in [0.2, 0.25) is 0 Å². The zero-order valence-electron chi connectivity index (χ0n) is 15.7. The van der Waals surface area contributed by atoms with Gasteiger partial charge in [0.25, 0.3) is 0 Å². The average molecular weight is 355 g/mol. The highest BCUT2D eigenvalue weighted by Crippen LogP contribution is 2.38. The Morgan fingerprint density at radius 1 is 1.12 bits per heavy atom. The first kappa shape index (κ1) is 17.5. The van der Waals surface area contributed by atoms with Crippen molar-refractivity contribution < 1.29 is 9.59 Å². The van der Waals surface area contributed by atoms with Crippen LogP contribution in [0.15, 0.2) is 24.3 Å². The maximum Gasteiger partial charge on any atom is 0.243 e. The van der Waals surface area contributed by atoms with Gasteiger partial charge in [-0.25, -0.2) is 0 Å². The second kappa shape index (κ2) is 7.03. The van der Waals surface area contributed by atoms with E-state index in [2.05, 4.69) is 17.9 Å². The number of anilines is 1. The highest BCUT2D eigenvalue weighted by molar-refractivity contribution is 5.97. The summed E-state index contributed by atoms with van der Waals surface area (Å²) in [5, 5.41) is 0. The summed E-state index contributed by atoms with van der Waals surface area (Å²) in [7, 11) is 0. The highest BCUT2D eigenvalue weighted by atomic mass is 16.2. The van der Waals surface area contributed by atoms with Crippen LogP contribution in [0.1, 0.15) is 44.6 Å². The second-order valence-electron chi connectivity index (χ2n) is 7.88. The molecule has 2 saturated heterocycles. The second-order valence-corrected chi connectivity index (χ2v) is 7.88. The van der Waals surface area contributed by atoms with E-state index in [0.29, 0.717) is 6.54 Å². The molecule has 1 aromatic rings. The number of carbonyl (C=O) groups is 2. The zero-order chi connectivity index (χ0) is 18.1. The molecule has 26 heavy (non-hydrogen) atoms. The van der Waals surface area contributed by atoms with E-state index < -0.39 is 5.54 Å². The smallest absolute Gasteiger partial charge is 0.243 e. The van der Waals surface area contributed by atoms with Gasteiger partial charge in [-0.2, -0.15) is 0 Å². The van der Waals surface area contributed by atoms with Crippen molar-refractivity contribution in [2.75, 3.05) is 37.6 Å². The summed E-state index contributed by atoms with van der Waals surface area (Å²) < 4.78 is 0. The molecule has 3 aliphatic heterocycles. The van der Waals surface area contributed by atoms with Crippen LogP contribution < -0.4 is 4.90 Å². The number of amides is 2. The Kier molecular flexibility index (Phi) is 4.74. The SMILES string of the molecule is CCCN1CCCC2(CCCN2CC(=O)N2CCc3ccccc32)C1=O. The highest BCUT2D eigenvalue weighted by Gasteiger charge is 2.51. The number of benzene rings is 1. The van der Waals surface area contributed by atoms with Gasteiger partial charge in [-0.05, 0) is 56.7 Å². The van der Waals surface area contributed by atoms with E-state index >= 15 is 0 Å². The van der Waals surface area contributed by atoms with Crippen LogP contribution in [0.5, 0.6) is 0 Å². The molecule has 0 aliphatic carbocycles. The predicted molar refractivity (Wildman–Crippen MR) is 102 cm³/mol. The Labute approximate surface area is 155 Å². The lowest BCUT2D eigenvalue weighted by atomic mass is 9.85. The number of hydrogen-bond donors (Lipinski definition) is 0. The van der Waals surface area contributed by atoms with Gasteiger partial charge in [-0.15, -0.1) is 0 Å². The van der Waals surface area contributed by atoms with Crippen LogP contribution in [0.4, 0.5) is 5.69 Å². The summed E-state index contributed by atoms with van der Waals surface area (Å²) in [5.41, 5.74) is 1.87. The summed E-state index contributed by atoms with van der Waals surface area (Å²) in [6.45, 7) is 5.80. The van der Waals surface area contributed by atoms with Crippen molar-refractivity contribution in [2.24, 2.45) is 0 Å². The summed E-state index contributed by atoms with van der Waals surface area (Å²) in [6.07, 6.45) is 5.77. The van der Waals surface area contributed by atoms with Gasteiger partial charge in [0.05, 0.1) is 6.54 Å². The third-order valence-corrected chi connectivity index (χ3v) is 6.34. The fourth-order valence-corrected chi connectivity index (χ4v) is 5.08. The molecule has 1 atom stereocenters. The summed E-state index contributed by atoms with van der Waals surface area (Å²) >= 11 is 0. The van der Waals surface area contributed by atoms with Crippen LogP contribution in [0, 0.1) is 0 Å². The lowest BCUT2D eigenvalue weighted by Crippen LogP contribution is -2.61. The molecule has 140 valence electrons. The minimum absolute atomic E-state index is 0.136. The van der Waals surface area contributed by atoms with Crippen molar-refractivity contribution in [3.63, 3.8) is 0 Å².